The number of rotatable bonds is 4. The highest BCUT2D eigenvalue weighted by Crippen LogP contribution is 2.23. The van der Waals surface area contributed by atoms with Crippen molar-refractivity contribution in [3.8, 4) is 0 Å². The van der Waals surface area contributed by atoms with Gasteiger partial charge in [0.2, 0.25) is 5.76 Å². The lowest BCUT2D eigenvalue weighted by Gasteiger charge is -2.25. The zero-order valence-corrected chi connectivity index (χ0v) is 10.0. The molecule has 1 aromatic heterocycles. The summed E-state index contributed by atoms with van der Waals surface area (Å²) in [4.78, 5) is 12.8. The van der Waals surface area contributed by atoms with Crippen LogP contribution in [-0.2, 0) is 6.42 Å². The van der Waals surface area contributed by atoms with Crippen LogP contribution in [-0.4, -0.2) is 34.6 Å². The molecule has 2 rings (SSSR count). The molecule has 1 aliphatic heterocycles. The van der Waals surface area contributed by atoms with Crippen LogP contribution >= 0.6 is 0 Å². The van der Waals surface area contributed by atoms with E-state index in [2.05, 4.69) is 10.1 Å². The number of aromatic nitrogens is 1. The van der Waals surface area contributed by atoms with Crippen LogP contribution in [0.2, 0.25) is 0 Å². The Labute approximate surface area is 99.7 Å². The van der Waals surface area contributed by atoms with E-state index in [1.54, 1.807) is 6.92 Å². The molecule has 94 valence electrons. The van der Waals surface area contributed by atoms with Gasteiger partial charge in [0.1, 0.15) is 0 Å². The number of hydrogen-bond acceptors (Lipinski definition) is 5. The average Bonchev–Trinajstić information content (AvgIpc) is 2.69. The van der Waals surface area contributed by atoms with E-state index in [0.717, 1.165) is 19.6 Å². The van der Waals surface area contributed by atoms with Crippen molar-refractivity contribution >= 4 is 5.69 Å². The summed E-state index contributed by atoms with van der Waals surface area (Å²) in [6.07, 6.45) is 4.30. The zero-order chi connectivity index (χ0) is 12.3. The largest absolute Gasteiger partial charge is 0.354 e. The number of piperidine rings is 1. The molecule has 0 unspecified atom stereocenters. The van der Waals surface area contributed by atoms with Crippen LogP contribution in [0.1, 0.15) is 30.7 Å². The van der Waals surface area contributed by atoms with Crippen LogP contribution in [0.4, 0.5) is 5.69 Å². The van der Waals surface area contributed by atoms with Gasteiger partial charge in [0.25, 0.3) is 0 Å². The molecule has 1 aromatic rings. The van der Waals surface area contributed by atoms with Crippen LogP contribution in [0.25, 0.3) is 0 Å². The normalized spacial score (nSPS) is 17.2. The molecule has 1 aliphatic rings. The molecule has 0 aliphatic carbocycles. The number of nitro groups is 1. The summed E-state index contributed by atoms with van der Waals surface area (Å²) in [6.45, 7) is 4.59. The highest BCUT2D eigenvalue weighted by molar-refractivity contribution is 5.37. The monoisotopic (exact) mass is 239 g/mol. The van der Waals surface area contributed by atoms with Gasteiger partial charge >= 0.3 is 5.69 Å². The molecule has 0 spiro atoms. The molecule has 0 atom stereocenters. The number of nitrogens with zero attached hydrogens (tertiary/aromatic N) is 3. The first-order valence-corrected chi connectivity index (χ1v) is 6.00. The van der Waals surface area contributed by atoms with Crippen molar-refractivity contribution in [3.05, 3.63) is 21.6 Å². The Kier molecular flexibility index (Phi) is 3.73. The van der Waals surface area contributed by atoms with Crippen LogP contribution in [0, 0.1) is 17.0 Å². The van der Waals surface area contributed by atoms with E-state index in [0.29, 0.717) is 17.9 Å². The fraction of sp³-hybridized carbons (Fsp3) is 0.727. The van der Waals surface area contributed by atoms with Crippen molar-refractivity contribution in [2.24, 2.45) is 0 Å². The lowest BCUT2D eigenvalue weighted by molar-refractivity contribution is -0.386. The molecule has 1 saturated heterocycles. The lowest BCUT2D eigenvalue weighted by Crippen LogP contribution is -2.31. The lowest BCUT2D eigenvalue weighted by atomic mass is 10.1. The van der Waals surface area contributed by atoms with Gasteiger partial charge in [0, 0.05) is 13.0 Å². The Morgan fingerprint density at radius 2 is 2.12 bits per heavy atom. The van der Waals surface area contributed by atoms with E-state index < -0.39 is 4.92 Å². The van der Waals surface area contributed by atoms with Crippen molar-refractivity contribution in [1.29, 1.82) is 0 Å². The first-order valence-electron chi connectivity index (χ1n) is 6.00. The van der Waals surface area contributed by atoms with Crippen molar-refractivity contribution < 1.29 is 9.45 Å². The smallest absolute Gasteiger partial charge is 0.334 e. The Balaban J connectivity index is 1.96. The van der Waals surface area contributed by atoms with Crippen molar-refractivity contribution in [2.45, 2.75) is 32.6 Å². The fourth-order valence-electron chi connectivity index (χ4n) is 2.25. The number of likely N-dealkylation sites (tertiary alicyclic amines) is 1. The summed E-state index contributed by atoms with van der Waals surface area (Å²) in [7, 11) is 0. The maximum absolute atomic E-state index is 10.8. The van der Waals surface area contributed by atoms with Crippen molar-refractivity contribution in [3.63, 3.8) is 0 Å². The Hall–Kier alpha value is -1.43. The standard InChI is InChI=1S/C11H17N3O3/c1-9-11(14(15)16)10(17-12-9)5-8-13-6-3-2-4-7-13/h2-8H2,1H3. The SMILES string of the molecule is Cc1noc(CCN2CCCCC2)c1[N+](=O)[O-]. The molecule has 0 saturated carbocycles. The second-order valence-electron chi connectivity index (χ2n) is 4.45. The molecule has 0 N–H and O–H groups in total. The molecular weight excluding hydrogens is 222 g/mol. The Bertz CT molecular complexity index is 397. The van der Waals surface area contributed by atoms with Crippen LogP contribution in [0.15, 0.2) is 4.52 Å². The second-order valence-corrected chi connectivity index (χ2v) is 4.45. The summed E-state index contributed by atoms with van der Waals surface area (Å²) < 4.78 is 5.03. The molecule has 6 nitrogen and oxygen atoms in total. The molecular formula is C11H17N3O3. The van der Waals surface area contributed by atoms with Gasteiger partial charge in [-0.2, -0.15) is 0 Å². The maximum Gasteiger partial charge on any atom is 0.334 e. The van der Waals surface area contributed by atoms with Gasteiger partial charge in [-0.3, -0.25) is 10.1 Å². The van der Waals surface area contributed by atoms with E-state index >= 15 is 0 Å². The molecule has 0 amide bonds. The third kappa shape index (κ3) is 2.82. The molecule has 1 fully saturated rings. The van der Waals surface area contributed by atoms with Gasteiger partial charge in [-0.1, -0.05) is 11.6 Å². The summed E-state index contributed by atoms with van der Waals surface area (Å²) in [6, 6.07) is 0. The van der Waals surface area contributed by atoms with E-state index in [1.807, 2.05) is 0 Å². The van der Waals surface area contributed by atoms with Crippen LogP contribution in [0.3, 0.4) is 0 Å². The van der Waals surface area contributed by atoms with Gasteiger partial charge in [0.05, 0.1) is 4.92 Å². The average molecular weight is 239 g/mol. The van der Waals surface area contributed by atoms with Crippen molar-refractivity contribution in [1.82, 2.24) is 10.1 Å². The minimum atomic E-state index is -0.405. The summed E-state index contributed by atoms with van der Waals surface area (Å²) >= 11 is 0. The minimum absolute atomic E-state index is 0.0435. The topological polar surface area (TPSA) is 72.4 Å². The fourth-order valence-corrected chi connectivity index (χ4v) is 2.25. The zero-order valence-electron chi connectivity index (χ0n) is 10.0. The Morgan fingerprint density at radius 3 is 2.76 bits per heavy atom. The predicted molar refractivity (Wildman–Crippen MR) is 61.9 cm³/mol. The quantitative estimate of drug-likeness (QED) is 0.593. The van der Waals surface area contributed by atoms with Gasteiger partial charge in [-0.05, 0) is 32.9 Å². The minimum Gasteiger partial charge on any atom is -0.354 e. The second kappa shape index (κ2) is 5.27. The highest BCUT2D eigenvalue weighted by atomic mass is 16.6. The number of hydrogen-bond donors (Lipinski definition) is 0. The molecule has 0 bridgehead atoms. The van der Waals surface area contributed by atoms with E-state index in [-0.39, 0.29) is 5.69 Å². The van der Waals surface area contributed by atoms with E-state index in [4.69, 9.17) is 4.52 Å². The van der Waals surface area contributed by atoms with Gasteiger partial charge in [-0.25, -0.2) is 0 Å². The Morgan fingerprint density at radius 1 is 1.41 bits per heavy atom. The number of aryl methyl sites for hydroxylation is 1. The first kappa shape index (κ1) is 12.0. The molecule has 0 aromatic carbocycles. The van der Waals surface area contributed by atoms with Gasteiger partial charge in [0.15, 0.2) is 5.69 Å². The summed E-state index contributed by atoms with van der Waals surface area (Å²) in [5, 5.41) is 14.5. The molecule has 17 heavy (non-hydrogen) atoms. The molecule has 6 heteroatoms. The van der Waals surface area contributed by atoms with Gasteiger partial charge < -0.3 is 9.42 Å². The summed E-state index contributed by atoms with van der Waals surface area (Å²) in [5.74, 6) is 0.401. The van der Waals surface area contributed by atoms with Crippen LogP contribution < -0.4 is 0 Å². The first-order chi connectivity index (χ1) is 8.18. The van der Waals surface area contributed by atoms with E-state index in [9.17, 15) is 10.1 Å². The third-order valence-corrected chi connectivity index (χ3v) is 3.19. The maximum atomic E-state index is 10.8. The highest BCUT2D eigenvalue weighted by Gasteiger charge is 2.24. The third-order valence-electron chi connectivity index (χ3n) is 3.19. The van der Waals surface area contributed by atoms with Crippen LogP contribution in [0.5, 0.6) is 0 Å². The van der Waals surface area contributed by atoms with Gasteiger partial charge in [-0.15, -0.1) is 0 Å². The predicted octanol–water partition coefficient (Wildman–Crippen LogP) is 1.92. The summed E-state index contributed by atoms with van der Waals surface area (Å²) in [5.41, 5.74) is 0.408. The molecule has 2 heterocycles. The van der Waals surface area contributed by atoms with E-state index in [1.165, 1.54) is 19.3 Å². The van der Waals surface area contributed by atoms with Crippen molar-refractivity contribution in [2.75, 3.05) is 19.6 Å². The molecule has 0 radical (unpaired) electrons.